The van der Waals surface area contributed by atoms with Gasteiger partial charge in [-0.2, -0.15) is 0 Å². The average molecular weight is 1070 g/mol. The van der Waals surface area contributed by atoms with Crippen molar-refractivity contribution < 1.29 is 66.9 Å². The van der Waals surface area contributed by atoms with E-state index in [2.05, 4.69) is 31.6 Å². The Labute approximate surface area is 442 Å². The molecule has 0 saturated heterocycles. The quantitative estimate of drug-likeness (QED) is 0.0207. The van der Waals surface area contributed by atoms with Gasteiger partial charge in [-0.3, -0.25) is 58.4 Å². The summed E-state index contributed by atoms with van der Waals surface area (Å²) < 4.78 is 37.2. The minimum Gasteiger partial charge on any atom is -0.481 e. The zero-order chi connectivity index (χ0) is 56.2. The van der Waals surface area contributed by atoms with Crippen LogP contribution in [0.2, 0.25) is 0 Å². The van der Waals surface area contributed by atoms with E-state index >= 15 is 4.39 Å². The number of rotatable bonds is 30. The molecule has 0 bridgehead atoms. The lowest BCUT2D eigenvalue weighted by Crippen LogP contribution is -2.56. The van der Waals surface area contributed by atoms with E-state index in [4.69, 9.17) is 10.5 Å². The molecule has 4 atom stereocenters. The van der Waals surface area contributed by atoms with Gasteiger partial charge in [-0.15, -0.1) is 0 Å². The third-order valence-corrected chi connectivity index (χ3v) is 12.2. The molecule has 24 heteroatoms. The molecule has 5 rings (SSSR count). The predicted octanol–water partition coefficient (Wildman–Crippen LogP) is 1.22. The lowest BCUT2D eigenvalue weighted by Gasteiger charge is -2.41. The number of nitrogens with one attached hydrogen (secondary N) is 5. The largest absolute Gasteiger partial charge is 0.481 e. The second-order valence-corrected chi connectivity index (χ2v) is 19.1. The van der Waals surface area contributed by atoms with Crippen LogP contribution in [0.4, 0.5) is 8.78 Å². The topological polar surface area (TPSA) is 314 Å². The summed E-state index contributed by atoms with van der Waals surface area (Å²) in [6.07, 6.45) is 4.93. The van der Waals surface area contributed by atoms with Crippen LogP contribution in [-0.2, 0) is 60.9 Å². The number of aliphatic carboxylic acids is 1. The fraction of sp³-hybridized carbons (Fsp3) is 0.396. The first-order chi connectivity index (χ1) is 36.6. The van der Waals surface area contributed by atoms with E-state index in [0.717, 1.165) is 40.8 Å². The summed E-state index contributed by atoms with van der Waals surface area (Å²) in [5.74, 6) is -8.57. The van der Waals surface area contributed by atoms with Crippen LogP contribution in [0.5, 0.6) is 0 Å². The fourth-order valence-electron chi connectivity index (χ4n) is 8.50. The van der Waals surface area contributed by atoms with E-state index in [1.165, 1.54) is 17.3 Å². The van der Waals surface area contributed by atoms with Crippen LogP contribution in [0.3, 0.4) is 0 Å². The molecular weight excluding hydrogens is 1010 g/mol. The summed E-state index contributed by atoms with van der Waals surface area (Å²) in [7, 11) is 0. The smallest absolute Gasteiger partial charge is 0.303 e. The molecule has 0 aliphatic carbocycles. The Morgan fingerprint density at radius 3 is 2.10 bits per heavy atom. The molecule has 8 amide bonds. The van der Waals surface area contributed by atoms with Crippen molar-refractivity contribution in [3.63, 3.8) is 0 Å². The van der Waals surface area contributed by atoms with Crippen molar-refractivity contribution in [3.8, 4) is 11.1 Å². The van der Waals surface area contributed by atoms with Crippen molar-refractivity contribution >= 4 is 53.2 Å². The molecule has 22 nitrogen and oxygen atoms in total. The Kier molecular flexibility index (Phi) is 22.2. The first-order valence-electron chi connectivity index (χ1n) is 24.6. The fourth-order valence-corrected chi connectivity index (χ4v) is 8.50. The van der Waals surface area contributed by atoms with Crippen LogP contribution in [-0.4, -0.2) is 147 Å². The number of hydrogen-bond acceptors (Lipinski definition) is 13. The van der Waals surface area contributed by atoms with Gasteiger partial charge in [0.25, 0.3) is 11.8 Å². The van der Waals surface area contributed by atoms with Crippen LogP contribution in [0.1, 0.15) is 69.3 Å². The molecule has 77 heavy (non-hydrogen) atoms. The second kappa shape index (κ2) is 28.6. The van der Waals surface area contributed by atoms with Gasteiger partial charge in [0.1, 0.15) is 30.3 Å². The van der Waals surface area contributed by atoms with Gasteiger partial charge >= 0.3 is 5.97 Å². The number of carbonyl (C=O) groups excluding carboxylic acids is 8. The molecule has 0 saturated carbocycles. The van der Waals surface area contributed by atoms with Gasteiger partial charge in [-0.05, 0) is 65.8 Å². The number of imide groups is 1. The number of benzene rings is 2. The molecule has 2 aromatic heterocycles. The second-order valence-electron chi connectivity index (χ2n) is 19.1. The molecule has 0 radical (unpaired) electrons. The highest BCUT2D eigenvalue weighted by molar-refractivity contribution is 6.12. The Hall–Kier alpha value is -8.22. The Morgan fingerprint density at radius 1 is 0.818 bits per heavy atom. The van der Waals surface area contributed by atoms with Crippen LogP contribution in [0, 0.1) is 17.0 Å². The van der Waals surface area contributed by atoms with Gasteiger partial charge in [-0.1, -0.05) is 51.1 Å². The number of aromatic nitrogens is 2. The lowest BCUT2D eigenvalue weighted by atomic mass is 9.82. The maximum atomic E-state index is 15.4. The summed E-state index contributed by atoms with van der Waals surface area (Å²) in [4.78, 5) is 122. The number of carboxylic acid groups (broad SMARTS) is 1. The molecular formula is C53H64F2N10O12. The Balaban J connectivity index is 1.40. The highest BCUT2D eigenvalue weighted by Crippen LogP contribution is 2.41. The van der Waals surface area contributed by atoms with Gasteiger partial charge in [0.2, 0.25) is 35.4 Å². The van der Waals surface area contributed by atoms with Gasteiger partial charge < -0.3 is 51.4 Å². The van der Waals surface area contributed by atoms with Crippen molar-refractivity contribution in [2.24, 2.45) is 11.1 Å². The average Bonchev–Trinajstić information content (AvgIpc) is 3.96. The third-order valence-electron chi connectivity index (χ3n) is 12.2. The number of ether oxygens (including phenoxy) is 1. The van der Waals surface area contributed by atoms with Gasteiger partial charge in [-0.25, -0.2) is 8.78 Å². The van der Waals surface area contributed by atoms with Gasteiger partial charge in [0.15, 0.2) is 0 Å². The molecule has 0 spiro atoms. The van der Waals surface area contributed by atoms with Crippen molar-refractivity contribution in [1.29, 1.82) is 0 Å². The zero-order valence-electron chi connectivity index (χ0n) is 42.8. The van der Waals surface area contributed by atoms with Crippen molar-refractivity contribution in [2.45, 2.75) is 83.6 Å². The SMILES string of the molecule is CC(C)(C)[C@H](c1cc(-c2cc(F)ccc2F)cn1Cc1ccccc1)N(CC[C@H](NC(=O)[C@H](CC(N)=O)NC(=O)Cc1ccncc1)C(=O)NCCNC(=O)[C@@H](CCC(=O)O)NCOCCN1C(=O)C=CC1=O)C(=O)CO. The third kappa shape index (κ3) is 18.2. The number of carbonyl (C=O) groups is 9. The van der Waals surface area contributed by atoms with E-state index in [9.17, 15) is 57.8 Å². The summed E-state index contributed by atoms with van der Waals surface area (Å²) in [5, 5.41) is 32.9. The molecule has 0 fully saturated rings. The summed E-state index contributed by atoms with van der Waals surface area (Å²) in [5.41, 5.74) is 6.65. The minimum atomic E-state index is -1.58. The number of hydrogen-bond donors (Lipinski definition) is 8. The Bertz CT molecular complexity index is 2750. The summed E-state index contributed by atoms with van der Waals surface area (Å²) in [6.45, 7) is 3.39. The van der Waals surface area contributed by atoms with Gasteiger partial charge in [0, 0.05) is 80.2 Å². The van der Waals surface area contributed by atoms with Crippen molar-refractivity contribution in [2.75, 3.05) is 46.1 Å². The van der Waals surface area contributed by atoms with Crippen molar-refractivity contribution in [1.82, 2.24) is 45.9 Å². The monoisotopic (exact) mass is 1070 g/mol. The molecule has 1 aliphatic heterocycles. The van der Waals surface area contributed by atoms with E-state index < -0.39 is 114 Å². The Morgan fingerprint density at radius 2 is 1.48 bits per heavy atom. The van der Waals surface area contributed by atoms with Gasteiger partial charge in [0.05, 0.1) is 44.8 Å². The summed E-state index contributed by atoms with van der Waals surface area (Å²) >= 11 is 0. The number of primary amides is 1. The predicted molar refractivity (Wildman–Crippen MR) is 273 cm³/mol. The van der Waals surface area contributed by atoms with Crippen LogP contribution >= 0.6 is 0 Å². The number of pyridine rings is 1. The molecule has 412 valence electrons. The van der Waals surface area contributed by atoms with Crippen LogP contribution < -0.4 is 32.3 Å². The summed E-state index contributed by atoms with van der Waals surface area (Å²) in [6, 6.07) is 11.8. The molecule has 3 heterocycles. The van der Waals surface area contributed by atoms with Crippen molar-refractivity contribution in [3.05, 3.63) is 126 Å². The van der Waals surface area contributed by atoms with E-state index in [1.54, 1.807) is 29.0 Å². The maximum Gasteiger partial charge on any atom is 0.303 e. The normalized spacial score (nSPS) is 13.8. The number of nitrogens with zero attached hydrogens (tertiary/aromatic N) is 4. The number of aliphatic hydroxyl groups is 1. The first kappa shape index (κ1) is 59.7. The van der Waals surface area contributed by atoms with E-state index in [-0.39, 0.29) is 76.5 Å². The molecule has 1 aliphatic rings. The van der Waals surface area contributed by atoms with Crippen LogP contribution in [0.25, 0.3) is 11.1 Å². The maximum absolute atomic E-state index is 15.4. The number of nitrogens with two attached hydrogens (primary N) is 1. The van der Waals surface area contributed by atoms with E-state index in [1.807, 2.05) is 51.1 Å². The minimum absolute atomic E-state index is 0.0541. The molecule has 0 unspecified atom stereocenters. The molecule has 2 aromatic carbocycles. The van der Waals surface area contributed by atoms with Crippen LogP contribution in [0.15, 0.2) is 97.5 Å². The number of aliphatic hydroxyl groups excluding tert-OH is 1. The number of halogens is 2. The number of carboxylic acids is 1. The zero-order valence-corrected chi connectivity index (χ0v) is 42.8. The highest BCUT2D eigenvalue weighted by Gasteiger charge is 2.38. The first-order valence-corrected chi connectivity index (χ1v) is 24.6. The highest BCUT2D eigenvalue weighted by atomic mass is 19.1. The lowest BCUT2D eigenvalue weighted by molar-refractivity contribution is -0.140. The van der Waals surface area contributed by atoms with E-state index in [0.29, 0.717) is 11.3 Å². The number of amides is 8. The standard InChI is InChI=1S/C53H64F2N10O12/c1-53(2,3)49(42-26-35(37-27-36(54)9-10-38(37)55)30-63(42)29-34-7-5-4-6-8-34)65(47(71)31-66)22-17-40(62-52(76)41(28-43(56)67)61-44(68)25-33-15-18-57-19-16-33)51(75)59-21-20-58-50(74)39(11-14-48(72)73)60-32-77-24-23-64-45(69)12-13-46(64)70/h4-10,12-13,15-16,18-19,26-27,30,39-41,49,60,66H,11,14,17,20-25,28-29,31-32H2,1-3H3,(H2,56,67)(H,58,74)(H,59,75)(H,61,68)(H,62,76)(H,72,73)/t39-,40+,41+,49+/m1/s1. The molecule has 4 aromatic rings. The molecule has 9 N–H and O–H groups in total.